The van der Waals surface area contributed by atoms with Crippen molar-refractivity contribution >= 4 is 22.4 Å². The number of aromatic nitrogens is 2. The lowest BCUT2D eigenvalue weighted by molar-refractivity contribution is 0.0950. The Morgan fingerprint density at radius 1 is 1.00 bits per heavy atom. The Balaban J connectivity index is 1.42. The summed E-state index contributed by atoms with van der Waals surface area (Å²) in [6.45, 7) is 1.86. The third-order valence-electron chi connectivity index (χ3n) is 5.49. The van der Waals surface area contributed by atoms with Crippen molar-refractivity contribution in [3.05, 3.63) is 89.1 Å². The van der Waals surface area contributed by atoms with E-state index >= 15 is 0 Å². The van der Waals surface area contributed by atoms with Gasteiger partial charge in [-0.15, -0.1) is 0 Å². The van der Waals surface area contributed by atoms with Crippen LogP contribution in [0.5, 0.6) is 0 Å². The first-order valence-corrected chi connectivity index (χ1v) is 9.70. The zero-order valence-electron chi connectivity index (χ0n) is 16.1. The van der Waals surface area contributed by atoms with Crippen molar-refractivity contribution in [3.8, 4) is 11.3 Å². The third-order valence-corrected chi connectivity index (χ3v) is 5.49. The third kappa shape index (κ3) is 3.10. The minimum atomic E-state index is -0.315. The van der Waals surface area contributed by atoms with Gasteiger partial charge in [-0.25, -0.2) is 5.43 Å². The number of nitrogens with one attached hydrogen (secondary N) is 2. The number of rotatable bonds is 4. The molecule has 0 saturated heterocycles. The quantitative estimate of drug-likeness (QED) is 0.405. The van der Waals surface area contributed by atoms with Crippen LogP contribution in [0.3, 0.4) is 0 Å². The summed E-state index contributed by atoms with van der Waals surface area (Å²) in [5.74, 6) is -0.315. The van der Waals surface area contributed by atoms with Crippen molar-refractivity contribution < 1.29 is 4.79 Å². The zero-order valence-corrected chi connectivity index (χ0v) is 16.1. The number of hydrazone groups is 1. The van der Waals surface area contributed by atoms with Crippen LogP contribution >= 0.6 is 0 Å². The molecule has 0 radical (unpaired) electrons. The molecule has 0 bridgehead atoms. The average Bonchev–Trinajstić information content (AvgIpc) is 3.42. The van der Waals surface area contributed by atoms with Crippen molar-refractivity contribution in [2.45, 2.75) is 19.8 Å². The first-order valence-electron chi connectivity index (χ1n) is 9.70. The molecule has 1 aliphatic carbocycles. The number of carbonyl (C=O) groups excluding carboxylic acids is 1. The van der Waals surface area contributed by atoms with Crippen molar-refractivity contribution in [3.63, 3.8) is 0 Å². The maximum Gasteiger partial charge on any atom is 0.289 e. The molecule has 29 heavy (non-hydrogen) atoms. The molecule has 5 nitrogen and oxygen atoms in total. The number of aromatic amines is 1. The number of hydrogen-bond donors (Lipinski definition) is 2. The summed E-state index contributed by atoms with van der Waals surface area (Å²) in [7, 11) is 0. The molecule has 142 valence electrons. The van der Waals surface area contributed by atoms with Gasteiger partial charge < -0.3 is 0 Å². The van der Waals surface area contributed by atoms with E-state index in [1.807, 2.05) is 37.3 Å². The topological polar surface area (TPSA) is 70.1 Å². The molecule has 1 amide bonds. The van der Waals surface area contributed by atoms with Crippen LogP contribution in [0.15, 0.2) is 71.8 Å². The van der Waals surface area contributed by atoms with Crippen LogP contribution in [0, 0.1) is 0 Å². The number of H-pyrrole nitrogens is 1. The van der Waals surface area contributed by atoms with E-state index in [1.54, 1.807) is 6.07 Å². The van der Waals surface area contributed by atoms with Gasteiger partial charge in [-0.3, -0.25) is 9.89 Å². The molecule has 0 saturated carbocycles. The van der Waals surface area contributed by atoms with Gasteiger partial charge in [0.05, 0.1) is 11.4 Å². The molecule has 2 N–H and O–H groups in total. The second-order valence-corrected chi connectivity index (χ2v) is 7.28. The lowest BCUT2D eigenvalue weighted by Gasteiger charge is -2.06. The van der Waals surface area contributed by atoms with Crippen LogP contribution in [-0.4, -0.2) is 21.8 Å². The Kier molecular flexibility index (Phi) is 4.21. The van der Waals surface area contributed by atoms with E-state index in [4.69, 9.17) is 0 Å². The SMILES string of the molecule is C/C(=N\NC(=O)c1cc(-c2ccc3c4c(cccc24)CC3)n[nH]1)c1ccccc1. The second kappa shape index (κ2) is 7.02. The van der Waals surface area contributed by atoms with E-state index in [0.717, 1.165) is 35.4 Å². The summed E-state index contributed by atoms with van der Waals surface area (Å²) in [5, 5.41) is 14.0. The van der Waals surface area contributed by atoms with Gasteiger partial charge in [-0.2, -0.15) is 10.2 Å². The van der Waals surface area contributed by atoms with Crippen LogP contribution in [0.1, 0.15) is 34.1 Å². The molecule has 1 aliphatic rings. The number of benzene rings is 3. The first-order chi connectivity index (χ1) is 14.2. The fourth-order valence-electron chi connectivity index (χ4n) is 3.98. The van der Waals surface area contributed by atoms with Crippen molar-refractivity contribution in [2.75, 3.05) is 0 Å². The Morgan fingerprint density at radius 3 is 2.62 bits per heavy atom. The Labute approximate surface area is 168 Å². The largest absolute Gasteiger partial charge is 0.289 e. The number of hydrogen-bond acceptors (Lipinski definition) is 3. The molecular weight excluding hydrogens is 360 g/mol. The highest BCUT2D eigenvalue weighted by molar-refractivity contribution is 6.03. The number of amides is 1. The van der Waals surface area contributed by atoms with Crippen LogP contribution < -0.4 is 5.43 Å². The summed E-state index contributed by atoms with van der Waals surface area (Å²) in [4.78, 5) is 12.5. The Morgan fingerprint density at radius 2 is 1.79 bits per heavy atom. The number of aryl methyl sites for hydroxylation is 2. The lowest BCUT2D eigenvalue weighted by atomic mass is 9.98. The summed E-state index contributed by atoms with van der Waals surface area (Å²) in [6, 6.07) is 22.2. The minimum absolute atomic E-state index is 0.315. The van der Waals surface area contributed by atoms with Crippen LogP contribution in [0.4, 0.5) is 0 Å². The van der Waals surface area contributed by atoms with Crippen LogP contribution in [0.2, 0.25) is 0 Å². The van der Waals surface area contributed by atoms with Gasteiger partial charge in [-0.05, 0) is 53.3 Å². The summed E-state index contributed by atoms with van der Waals surface area (Å²) < 4.78 is 0. The van der Waals surface area contributed by atoms with Gasteiger partial charge >= 0.3 is 0 Å². The van der Waals surface area contributed by atoms with Gasteiger partial charge in [0.15, 0.2) is 0 Å². The predicted molar refractivity (Wildman–Crippen MR) is 115 cm³/mol. The molecule has 1 aromatic heterocycles. The normalized spacial score (nSPS) is 13.1. The maximum absolute atomic E-state index is 12.5. The number of carbonyl (C=O) groups is 1. The number of nitrogens with zero attached hydrogens (tertiary/aromatic N) is 2. The second-order valence-electron chi connectivity index (χ2n) is 7.28. The van der Waals surface area contributed by atoms with Crippen LogP contribution in [-0.2, 0) is 12.8 Å². The van der Waals surface area contributed by atoms with E-state index in [1.165, 1.54) is 21.9 Å². The molecular formula is C24H20N4O. The zero-order chi connectivity index (χ0) is 19.8. The molecule has 1 heterocycles. The summed E-state index contributed by atoms with van der Waals surface area (Å²) in [5.41, 5.74) is 9.26. The van der Waals surface area contributed by atoms with E-state index < -0.39 is 0 Å². The molecule has 0 fully saturated rings. The molecule has 3 aromatic carbocycles. The standard InChI is InChI=1S/C24H20N4O/c1-15(16-6-3-2-4-7-16)25-28-24(29)22-14-21(26-27-22)19-13-12-18-11-10-17-8-5-9-20(19)23(17)18/h2-9,12-14H,10-11H2,1H3,(H,26,27)(H,28,29)/b25-15+. The van der Waals surface area contributed by atoms with E-state index in [0.29, 0.717) is 5.69 Å². The van der Waals surface area contributed by atoms with E-state index in [-0.39, 0.29) is 5.91 Å². The fourth-order valence-corrected chi connectivity index (χ4v) is 3.98. The fraction of sp³-hybridized carbons (Fsp3) is 0.125. The average molecular weight is 380 g/mol. The molecule has 4 aromatic rings. The van der Waals surface area contributed by atoms with Gasteiger partial charge in [0.1, 0.15) is 5.69 Å². The Bertz CT molecular complexity index is 1240. The molecule has 0 spiro atoms. The van der Waals surface area contributed by atoms with E-state index in [9.17, 15) is 4.79 Å². The monoisotopic (exact) mass is 380 g/mol. The lowest BCUT2D eigenvalue weighted by Crippen LogP contribution is -2.19. The van der Waals surface area contributed by atoms with Crippen molar-refractivity contribution in [2.24, 2.45) is 5.10 Å². The van der Waals surface area contributed by atoms with Gasteiger partial charge in [0.2, 0.25) is 0 Å². The molecule has 5 rings (SSSR count). The summed E-state index contributed by atoms with van der Waals surface area (Å²) in [6.07, 6.45) is 2.17. The van der Waals surface area contributed by atoms with Gasteiger partial charge in [0, 0.05) is 5.56 Å². The molecule has 0 atom stereocenters. The molecule has 0 unspecified atom stereocenters. The minimum Gasteiger partial charge on any atom is -0.272 e. The highest BCUT2D eigenvalue weighted by atomic mass is 16.2. The smallest absolute Gasteiger partial charge is 0.272 e. The first kappa shape index (κ1) is 17.4. The molecule has 5 heteroatoms. The van der Waals surface area contributed by atoms with Gasteiger partial charge in [-0.1, -0.05) is 60.7 Å². The van der Waals surface area contributed by atoms with Gasteiger partial charge in [0.25, 0.3) is 5.91 Å². The van der Waals surface area contributed by atoms with E-state index in [2.05, 4.69) is 51.1 Å². The predicted octanol–water partition coefficient (Wildman–Crippen LogP) is 4.48. The highest BCUT2D eigenvalue weighted by Gasteiger charge is 2.18. The Hall–Kier alpha value is -3.73. The van der Waals surface area contributed by atoms with Crippen molar-refractivity contribution in [1.82, 2.24) is 15.6 Å². The van der Waals surface area contributed by atoms with Crippen molar-refractivity contribution in [1.29, 1.82) is 0 Å². The summed E-state index contributed by atoms with van der Waals surface area (Å²) >= 11 is 0. The molecule has 0 aliphatic heterocycles. The maximum atomic E-state index is 12.5. The highest BCUT2D eigenvalue weighted by Crippen LogP contribution is 2.36. The van der Waals surface area contributed by atoms with Crippen LogP contribution in [0.25, 0.3) is 22.0 Å².